The van der Waals surface area contributed by atoms with E-state index in [0.717, 1.165) is 0 Å². The highest BCUT2D eigenvalue weighted by atomic mass is 16.7. The maximum absolute atomic E-state index is 11.6. The zero-order chi connectivity index (χ0) is 12.0. The minimum Gasteiger partial charge on any atom is -0.454 e. The van der Waals surface area contributed by atoms with Crippen molar-refractivity contribution in [3.05, 3.63) is 33.4 Å². The zero-order valence-electron chi connectivity index (χ0n) is 8.54. The number of esters is 1. The van der Waals surface area contributed by atoms with Gasteiger partial charge in [0.1, 0.15) is 5.56 Å². The van der Waals surface area contributed by atoms with Crippen molar-refractivity contribution in [1.29, 1.82) is 0 Å². The zero-order valence-corrected chi connectivity index (χ0v) is 8.54. The quantitative estimate of drug-likeness (QED) is 0.431. The molecule has 0 aromatic heterocycles. The molecule has 2 aliphatic heterocycles. The van der Waals surface area contributed by atoms with Gasteiger partial charge < -0.3 is 14.2 Å². The molecule has 0 amide bonds. The lowest BCUT2D eigenvalue weighted by Gasteiger charge is -2.04. The fraction of sp³-hybridized carbons (Fsp3) is 0.300. The molecule has 1 unspecified atom stereocenters. The standard InChI is InChI=1S/C10H7NO6/c12-10-8-5(7(17-10)3-11(13)14)1-2-6-9(8)16-4-15-6/h1-2,7H,3-4H2. The minimum absolute atomic E-state index is 0.0406. The maximum Gasteiger partial charge on any atom is 0.343 e. The van der Waals surface area contributed by atoms with Crippen LogP contribution in [-0.4, -0.2) is 24.2 Å². The highest BCUT2D eigenvalue weighted by molar-refractivity contribution is 5.98. The molecule has 17 heavy (non-hydrogen) atoms. The second-order valence-electron chi connectivity index (χ2n) is 3.67. The molecular weight excluding hydrogens is 230 g/mol. The van der Waals surface area contributed by atoms with Gasteiger partial charge in [-0.05, 0) is 6.07 Å². The van der Waals surface area contributed by atoms with Crippen molar-refractivity contribution in [2.45, 2.75) is 6.10 Å². The lowest BCUT2D eigenvalue weighted by atomic mass is 10.0. The van der Waals surface area contributed by atoms with Gasteiger partial charge in [-0.3, -0.25) is 10.1 Å². The van der Waals surface area contributed by atoms with Crippen molar-refractivity contribution >= 4 is 5.97 Å². The highest BCUT2D eigenvalue weighted by Gasteiger charge is 2.39. The van der Waals surface area contributed by atoms with Crippen LogP contribution in [0.5, 0.6) is 11.5 Å². The van der Waals surface area contributed by atoms with E-state index in [0.29, 0.717) is 17.1 Å². The first kappa shape index (κ1) is 9.88. The molecule has 0 N–H and O–H groups in total. The predicted molar refractivity (Wildman–Crippen MR) is 52.6 cm³/mol. The van der Waals surface area contributed by atoms with E-state index in [1.807, 2.05) is 0 Å². The molecule has 0 aliphatic carbocycles. The number of nitro groups is 1. The number of cyclic esters (lactones) is 1. The van der Waals surface area contributed by atoms with E-state index in [1.54, 1.807) is 12.1 Å². The van der Waals surface area contributed by atoms with Crippen molar-refractivity contribution in [1.82, 2.24) is 0 Å². The number of nitrogens with zero attached hydrogens (tertiary/aromatic N) is 1. The smallest absolute Gasteiger partial charge is 0.343 e. The first-order valence-corrected chi connectivity index (χ1v) is 4.92. The molecule has 2 aliphatic rings. The van der Waals surface area contributed by atoms with Gasteiger partial charge in [-0.2, -0.15) is 0 Å². The molecule has 88 valence electrons. The summed E-state index contributed by atoms with van der Waals surface area (Å²) < 4.78 is 15.2. The molecule has 0 radical (unpaired) electrons. The van der Waals surface area contributed by atoms with Crippen molar-refractivity contribution in [3.8, 4) is 11.5 Å². The van der Waals surface area contributed by atoms with Gasteiger partial charge in [0.25, 0.3) is 0 Å². The summed E-state index contributed by atoms with van der Waals surface area (Å²) >= 11 is 0. The lowest BCUT2D eigenvalue weighted by molar-refractivity contribution is -0.490. The van der Waals surface area contributed by atoms with Gasteiger partial charge in [0.05, 0.1) is 0 Å². The summed E-state index contributed by atoms with van der Waals surface area (Å²) in [4.78, 5) is 21.6. The van der Waals surface area contributed by atoms with Gasteiger partial charge in [0, 0.05) is 10.5 Å². The summed E-state index contributed by atoms with van der Waals surface area (Å²) in [5.41, 5.74) is 0.725. The van der Waals surface area contributed by atoms with E-state index in [2.05, 4.69) is 0 Å². The number of ether oxygens (including phenoxy) is 3. The Morgan fingerprint density at radius 3 is 3.00 bits per heavy atom. The fourth-order valence-electron chi connectivity index (χ4n) is 1.99. The minimum atomic E-state index is -0.845. The molecule has 1 atom stereocenters. The van der Waals surface area contributed by atoms with Crippen molar-refractivity contribution in [3.63, 3.8) is 0 Å². The van der Waals surface area contributed by atoms with Gasteiger partial charge in [-0.25, -0.2) is 4.79 Å². The van der Waals surface area contributed by atoms with Crippen molar-refractivity contribution < 1.29 is 23.9 Å². The molecule has 1 aromatic carbocycles. The Labute approximate surface area is 95.0 Å². The van der Waals surface area contributed by atoms with Crippen molar-refractivity contribution in [2.24, 2.45) is 0 Å². The van der Waals surface area contributed by atoms with Gasteiger partial charge in [0.2, 0.25) is 13.3 Å². The Kier molecular flexibility index (Phi) is 1.94. The first-order valence-electron chi connectivity index (χ1n) is 4.92. The fourth-order valence-corrected chi connectivity index (χ4v) is 1.99. The Bertz CT molecular complexity index is 526. The van der Waals surface area contributed by atoms with Gasteiger partial charge in [-0.1, -0.05) is 6.07 Å². The molecule has 3 rings (SSSR count). The Morgan fingerprint density at radius 1 is 1.41 bits per heavy atom. The molecule has 0 bridgehead atoms. The van der Waals surface area contributed by atoms with Crippen LogP contribution in [0.25, 0.3) is 0 Å². The van der Waals surface area contributed by atoms with Crippen LogP contribution in [-0.2, 0) is 4.74 Å². The molecule has 0 saturated carbocycles. The van der Waals surface area contributed by atoms with E-state index >= 15 is 0 Å². The third kappa shape index (κ3) is 1.39. The number of benzene rings is 1. The Morgan fingerprint density at radius 2 is 2.24 bits per heavy atom. The average molecular weight is 237 g/mol. The van der Waals surface area contributed by atoms with Gasteiger partial charge in [0.15, 0.2) is 17.6 Å². The number of rotatable bonds is 2. The summed E-state index contributed by atoms with van der Waals surface area (Å²) in [5.74, 6) is 0.176. The number of hydrogen-bond donors (Lipinski definition) is 0. The number of fused-ring (bicyclic) bond motifs is 3. The third-order valence-corrected chi connectivity index (χ3v) is 2.69. The molecular formula is C10H7NO6. The van der Waals surface area contributed by atoms with E-state index in [1.165, 1.54) is 0 Å². The third-order valence-electron chi connectivity index (χ3n) is 2.69. The second-order valence-corrected chi connectivity index (χ2v) is 3.67. The average Bonchev–Trinajstić information content (AvgIpc) is 2.82. The van der Waals surface area contributed by atoms with E-state index in [-0.39, 0.29) is 12.4 Å². The largest absolute Gasteiger partial charge is 0.454 e. The van der Waals surface area contributed by atoms with Crippen LogP contribution >= 0.6 is 0 Å². The van der Waals surface area contributed by atoms with Crippen molar-refractivity contribution in [2.75, 3.05) is 13.3 Å². The first-order chi connectivity index (χ1) is 8.16. The predicted octanol–water partition coefficient (Wildman–Crippen LogP) is 0.903. The van der Waals surface area contributed by atoms with E-state index < -0.39 is 23.5 Å². The van der Waals surface area contributed by atoms with Crippen LogP contribution in [0.3, 0.4) is 0 Å². The van der Waals surface area contributed by atoms with Crippen LogP contribution < -0.4 is 9.47 Å². The number of carbonyl (C=O) groups excluding carboxylic acids is 1. The second kappa shape index (κ2) is 3.34. The SMILES string of the molecule is O=C1OC(C[N+](=O)[O-])c2ccc3c(c21)OCO3. The monoisotopic (exact) mass is 237 g/mol. The summed E-state index contributed by atoms with van der Waals surface area (Å²) in [7, 11) is 0. The summed E-state index contributed by atoms with van der Waals surface area (Å²) in [6.45, 7) is -0.405. The Balaban J connectivity index is 2.07. The summed E-state index contributed by atoms with van der Waals surface area (Å²) in [5, 5.41) is 10.5. The number of hydrogen-bond acceptors (Lipinski definition) is 6. The molecule has 2 heterocycles. The lowest BCUT2D eigenvalue weighted by Crippen LogP contribution is -2.12. The molecule has 0 spiro atoms. The molecule has 7 nitrogen and oxygen atoms in total. The highest BCUT2D eigenvalue weighted by Crippen LogP contribution is 2.44. The molecule has 0 saturated heterocycles. The van der Waals surface area contributed by atoms with Crippen LogP contribution in [0.1, 0.15) is 22.0 Å². The van der Waals surface area contributed by atoms with Gasteiger partial charge >= 0.3 is 5.97 Å². The normalized spacial score (nSPS) is 20.0. The van der Waals surface area contributed by atoms with Crippen LogP contribution in [0.4, 0.5) is 0 Å². The number of carbonyl (C=O) groups is 1. The Hall–Kier alpha value is -2.31. The van der Waals surface area contributed by atoms with Gasteiger partial charge in [-0.15, -0.1) is 0 Å². The van der Waals surface area contributed by atoms with Crippen LogP contribution in [0.15, 0.2) is 12.1 Å². The summed E-state index contributed by atoms with van der Waals surface area (Å²) in [6, 6.07) is 3.22. The van der Waals surface area contributed by atoms with Crippen LogP contribution in [0, 0.1) is 10.1 Å². The maximum atomic E-state index is 11.6. The van der Waals surface area contributed by atoms with E-state index in [4.69, 9.17) is 14.2 Å². The van der Waals surface area contributed by atoms with Crippen LogP contribution in [0.2, 0.25) is 0 Å². The summed E-state index contributed by atoms with van der Waals surface area (Å²) in [6.07, 6.45) is -0.845. The molecule has 1 aromatic rings. The molecule has 0 fully saturated rings. The topological polar surface area (TPSA) is 87.9 Å². The van der Waals surface area contributed by atoms with E-state index in [9.17, 15) is 14.9 Å². The molecule has 7 heteroatoms.